The van der Waals surface area contributed by atoms with Crippen molar-refractivity contribution >= 4 is 12.1 Å². The van der Waals surface area contributed by atoms with Crippen molar-refractivity contribution in [3.63, 3.8) is 0 Å². The second-order valence-electron chi connectivity index (χ2n) is 3.40. The van der Waals surface area contributed by atoms with Gasteiger partial charge in [0.2, 0.25) is 6.79 Å². The first-order chi connectivity index (χ1) is 8.66. The lowest BCUT2D eigenvalue weighted by atomic mass is 10.5. The van der Waals surface area contributed by atoms with Crippen LogP contribution < -0.4 is 21.7 Å². The van der Waals surface area contributed by atoms with Gasteiger partial charge in [0.1, 0.15) is 0 Å². The van der Waals surface area contributed by atoms with Gasteiger partial charge in [0.05, 0.1) is 0 Å². The molecular weight excluding hydrogens is 240 g/mol. The Labute approximate surface area is 107 Å². The maximum atomic E-state index is 11.0. The van der Waals surface area contributed by atoms with E-state index in [2.05, 4.69) is 25.4 Å². The van der Waals surface area contributed by atoms with Crippen LogP contribution in [0.25, 0.3) is 0 Å². The Balaban J connectivity index is 3.17. The van der Waals surface area contributed by atoms with Crippen molar-refractivity contribution in [1.29, 1.82) is 0 Å². The van der Waals surface area contributed by atoms with Crippen molar-refractivity contribution in [3.8, 4) is 0 Å². The number of hydrogen-bond donors (Lipinski definition) is 4. The Morgan fingerprint density at radius 1 is 1.00 bits per heavy atom. The van der Waals surface area contributed by atoms with Gasteiger partial charge >= 0.3 is 12.1 Å². The molecule has 8 heteroatoms. The third kappa shape index (κ3) is 12.7. The number of rotatable bonds is 10. The first kappa shape index (κ1) is 16.6. The van der Waals surface area contributed by atoms with Crippen LogP contribution in [0.3, 0.4) is 0 Å². The van der Waals surface area contributed by atoms with E-state index < -0.39 is 12.1 Å². The zero-order valence-corrected chi connectivity index (χ0v) is 10.7. The molecule has 0 spiro atoms. The molecule has 5 N–H and O–H groups in total. The van der Waals surface area contributed by atoms with Gasteiger partial charge in [-0.15, -0.1) is 0 Å². The van der Waals surface area contributed by atoms with Gasteiger partial charge in [-0.2, -0.15) is 0 Å². The first-order valence-electron chi connectivity index (χ1n) is 5.82. The van der Waals surface area contributed by atoms with Gasteiger partial charge in [-0.3, -0.25) is 4.79 Å². The van der Waals surface area contributed by atoms with Crippen LogP contribution in [0.15, 0.2) is 0 Å². The SMILES string of the molecule is CC(=O)OCOC(=O)NCCNCCNCCN. The maximum absolute atomic E-state index is 11.0. The summed E-state index contributed by atoms with van der Waals surface area (Å²) in [5, 5.41) is 8.74. The van der Waals surface area contributed by atoms with Gasteiger partial charge in [-0.05, 0) is 0 Å². The summed E-state index contributed by atoms with van der Waals surface area (Å²) in [4.78, 5) is 21.4. The molecule has 0 saturated heterocycles. The number of alkyl carbamates (subject to hydrolysis) is 1. The van der Waals surface area contributed by atoms with Crippen LogP contribution in [0.4, 0.5) is 4.79 Å². The van der Waals surface area contributed by atoms with Crippen LogP contribution in [-0.4, -0.2) is 58.1 Å². The highest BCUT2D eigenvalue weighted by molar-refractivity contribution is 5.68. The van der Waals surface area contributed by atoms with Crippen molar-refractivity contribution < 1.29 is 19.1 Å². The van der Waals surface area contributed by atoms with E-state index in [1.54, 1.807) is 0 Å². The van der Waals surface area contributed by atoms with Gasteiger partial charge in [0.25, 0.3) is 0 Å². The van der Waals surface area contributed by atoms with Crippen LogP contribution in [0.2, 0.25) is 0 Å². The predicted molar refractivity (Wildman–Crippen MR) is 65.9 cm³/mol. The Hall–Kier alpha value is -1.38. The molecule has 0 rings (SSSR count). The van der Waals surface area contributed by atoms with Crippen molar-refractivity contribution in [2.24, 2.45) is 5.73 Å². The molecule has 0 bridgehead atoms. The Bertz CT molecular complexity index is 238. The Morgan fingerprint density at radius 2 is 1.61 bits per heavy atom. The average Bonchev–Trinajstić information content (AvgIpc) is 2.32. The van der Waals surface area contributed by atoms with E-state index in [0.29, 0.717) is 19.6 Å². The number of carbonyl (C=O) groups is 2. The summed E-state index contributed by atoms with van der Waals surface area (Å²) >= 11 is 0. The molecule has 0 aromatic heterocycles. The minimum Gasteiger partial charge on any atom is -0.428 e. The molecule has 0 saturated carbocycles. The number of hydrogen-bond acceptors (Lipinski definition) is 7. The number of esters is 1. The zero-order valence-electron chi connectivity index (χ0n) is 10.7. The van der Waals surface area contributed by atoms with Crippen LogP contribution in [0.5, 0.6) is 0 Å². The Kier molecular flexibility index (Phi) is 11.2. The third-order valence-corrected chi connectivity index (χ3v) is 1.82. The zero-order chi connectivity index (χ0) is 13.6. The first-order valence-corrected chi connectivity index (χ1v) is 5.82. The van der Waals surface area contributed by atoms with Gasteiger partial charge in [-0.1, -0.05) is 0 Å². The molecule has 0 heterocycles. The molecule has 0 radical (unpaired) electrons. The molecule has 18 heavy (non-hydrogen) atoms. The number of carbonyl (C=O) groups excluding carboxylic acids is 2. The van der Waals surface area contributed by atoms with Crippen molar-refractivity contribution in [2.45, 2.75) is 6.92 Å². The molecule has 0 unspecified atom stereocenters. The molecule has 0 aliphatic heterocycles. The molecular formula is C10H22N4O4. The lowest BCUT2D eigenvalue weighted by Gasteiger charge is -2.08. The van der Waals surface area contributed by atoms with Crippen molar-refractivity contribution in [2.75, 3.05) is 46.1 Å². The second-order valence-corrected chi connectivity index (χ2v) is 3.40. The Morgan fingerprint density at radius 3 is 2.22 bits per heavy atom. The molecule has 8 nitrogen and oxygen atoms in total. The highest BCUT2D eigenvalue weighted by Gasteiger charge is 2.01. The van der Waals surface area contributed by atoms with Crippen LogP contribution in [0.1, 0.15) is 6.92 Å². The molecule has 0 aromatic carbocycles. The molecule has 0 fully saturated rings. The lowest BCUT2D eigenvalue weighted by Crippen LogP contribution is -2.36. The molecule has 1 amide bonds. The van der Waals surface area contributed by atoms with E-state index in [1.165, 1.54) is 6.92 Å². The summed E-state index contributed by atoms with van der Waals surface area (Å²) in [7, 11) is 0. The van der Waals surface area contributed by atoms with Gasteiger partial charge in [0.15, 0.2) is 0 Å². The minimum absolute atomic E-state index is 0.363. The van der Waals surface area contributed by atoms with Crippen molar-refractivity contribution in [1.82, 2.24) is 16.0 Å². The lowest BCUT2D eigenvalue weighted by molar-refractivity contribution is -0.149. The maximum Gasteiger partial charge on any atom is 0.410 e. The summed E-state index contributed by atoms with van der Waals surface area (Å²) in [6.45, 7) is 4.99. The number of nitrogens with two attached hydrogens (primary N) is 1. The normalized spacial score (nSPS) is 9.89. The summed E-state index contributed by atoms with van der Waals surface area (Å²) < 4.78 is 9.00. The fourth-order valence-electron chi connectivity index (χ4n) is 0.999. The highest BCUT2D eigenvalue weighted by Crippen LogP contribution is 1.80. The van der Waals surface area contributed by atoms with Crippen LogP contribution >= 0.6 is 0 Å². The van der Waals surface area contributed by atoms with E-state index in [1.807, 2.05) is 0 Å². The number of nitrogens with one attached hydrogen (secondary N) is 3. The highest BCUT2D eigenvalue weighted by atomic mass is 16.7. The van der Waals surface area contributed by atoms with Crippen molar-refractivity contribution in [3.05, 3.63) is 0 Å². The van der Waals surface area contributed by atoms with E-state index in [-0.39, 0.29) is 6.79 Å². The topological polar surface area (TPSA) is 115 Å². The average molecular weight is 262 g/mol. The van der Waals surface area contributed by atoms with E-state index in [4.69, 9.17) is 5.73 Å². The molecule has 0 aliphatic rings. The number of amides is 1. The predicted octanol–water partition coefficient (Wildman–Crippen LogP) is -1.63. The fraction of sp³-hybridized carbons (Fsp3) is 0.800. The van der Waals surface area contributed by atoms with Gasteiger partial charge in [-0.25, -0.2) is 4.79 Å². The summed E-state index contributed by atoms with van der Waals surface area (Å²) in [6.07, 6.45) is -0.612. The smallest absolute Gasteiger partial charge is 0.410 e. The van der Waals surface area contributed by atoms with Gasteiger partial charge in [0, 0.05) is 46.2 Å². The minimum atomic E-state index is -0.612. The van der Waals surface area contributed by atoms with E-state index in [0.717, 1.165) is 19.6 Å². The largest absolute Gasteiger partial charge is 0.428 e. The van der Waals surface area contributed by atoms with Crippen LogP contribution in [0, 0.1) is 0 Å². The second kappa shape index (κ2) is 12.1. The summed E-state index contributed by atoms with van der Waals surface area (Å²) in [5.74, 6) is -0.491. The molecule has 0 aliphatic carbocycles. The van der Waals surface area contributed by atoms with Gasteiger partial charge < -0.3 is 31.2 Å². The molecule has 106 valence electrons. The van der Waals surface area contributed by atoms with E-state index in [9.17, 15) is 9.59 Å². The monoisotopic (exact) mass is 262 g/mol. The number of ether oxygens (including phenoxy) is 2. The summed E-state index contributed by atoms with van der Waals surface area (Å²) in [5.41, 5.74) is 5.31. The standard InChI is InChI=1S/C10H22N4O4/c1-9(15)17-8-18-10(16)14-7-6-13-5-4-12-3-2-11/h12-13H,2-8,11H2,1H3,(H,14,16). The molecule has 0 aromatic rings. The van der Waals surface area contributed by atoms with E-state index >= 15 is 0 Å². The fourth-order valence-corrected chi connectivity index (χ4v) is 0.999. The third-order valence-electron chi connectivity index (χ3n) is 1.82. The van der Waals surface area contributed by atoms with Crippen LogP contribution in [-0.2, 0) is 14.3 Å². The summed E-state index contributed by atoms with van der Waals surface area (Å²) in [6, 6.07) is 0. The molecule has 0 atom stereocenters. The quantitative estimate of drug-likeness (QED) is 0.212.